The molecule has 0 aliphatic carbocycles. The summed E-state index contributed by atoms with van der Waals surface area (Å²) in [4.78, 5) is 0. The van der Waals surface area contributed by atoms with E-state index in [1.165, 1.54) is 0 Å². The van der Waals surface area contributed by atoms with Gasteiger partial charge in [0.15, 0.2) is 0 Å². The molecule has 0 N–H and O–H groups in total. The van der Waals surface area contributed by atoms with Crippen LogP contribution in [0.5, 0.6) is 5.75 Å². The molecule has 0 spiro atoms. The van der Waals surface area contributed by atoms with Gasteiger partial charge in [-0.2, -0.15) is 0 Å². The summed E-state index contributed by atoms with van der Waals surface area (Å²) in [5, 5.41) is 0. The van der Waals surface area contributed by atoms with Crippen LogP contribution < -0.4 is 3.82 Å². The first kappa shape index (κ1) is 5.67. The van der Waals surface area contributed by atoms with Gasteiger partial charge in [0.25, 0.3) is 0 Å². The molecule has 2 heteroatoms. The molecule has 0 radical (unpaired) electrons. The first-order valence-electron chi connectivity index (χ1n) is 2.27. The van der Waals surface area contributed by atoms with Gasteiger partial charge in [-0.3, -0.25) is 0 Å². The van der Waals surface area contributed by atoms with Crippen LogP contribution >= 0.6 is 0 Å². The molecule has 1 aromatic rings. The Morgan fingerprint density at radius 2 is 1.75 bits per heavy atom. The normalized spacial score (nSPS) is 8.62. The Balaban J connectivity index is 2.83. The van der Waals surface area contributed by atoms with Gasteiger partial charge in [0, 0.05) is 0 Å². The van der Waals surface area contributed by atoms with Crippen molar-refractivity contribution < 1.29 is 20.2 Å². The van der Waals surface area contributed by atoms with Crippen LogP contribution in [-0.4, -0.2) is 0 Å². The third-order valence-corrected chi connectivity index (χ3v) is 1.11. The number of hydrogen-bond donors (Lipinski definition) is 0. The summed E-state index contributed by atoms with van der Waals surface area (Å²) >= 11 is 2.86. The van der Waals surface area contributed by atoms with Crippen LogP contribution in [0, 0.1) is 0 Å². The van der Waals surface area contributed by atoms with Crippen LogP contribution in [0.4, 0.5) is 0 Å². The Hall–Kier alpha value is -0.461. The predicted molar refractivity (Wildman–Crippen MR) is 27.1 cm³/mol. The molecule has 0 amide bonds. The van der Waals surface area contributed by atoms with Crippen molar-refractivity contribution in [1.29, 1.82) is 0 Å². The Labute approximate surface area is 56.8 Å². The molecule has 0 saturated heterocycles. The average molecular weight is 148 g/mol. The standard InChI is InChI=1S/C6H6O.Mn/c7-6-4-2-1-3-5-6;/h1-5,7H;/q;+1/p-1. The zero-order chi connectivity index (χ0) is 5.82. The molecule has 0 bridgehead atoms. The van der Waals surface area contributed by atoms with Crippen LogP contribution in [0.25, 0.3) is 0 Å². The summed E-state index contributed by atoms with van der Waals surface area (Å²) in [7, 11) is 0. The SMILES string of the molecule is [Mn][O]c1ccccc1. The fourth-order valence-corrected chi connectivity index (χ4v) is 0.633. The molecule has 0 atom stereocenters. The monoisotopic (exact) mass is 148 g/mol. The summed E-state index contributed by atoms with van der Waals surface area (Å²) in [6.45, 7) is 0. The van der Waals surface area contributed by atoms with Crippen LogP contribution in [0.15, 0.2) is 30.3 Å². The van der Waals surface area contributed by atoms with Crippen molar-refractivity contribution in [3.63, 3.8) is 0 Å². The van der Waals surface area contributed by atoms with Gasteiger partial charge >= 0.3 is 56.2 Å². The van der Waals surface area contributed by atoms with Crippen molar-refractivity contribution in [2.45, 2.75) is 0 Å². The fourth-order valence-electron chi connectivity index (χ4n) is 0.472. The van der Waals surface area contributed by atoms with E-state index >= 15 is 0 Å². The minimum absolute atomic E-state index is 0.826. The number of hydrogen-bond acceptors (Lipinski definition) is 1. The van der Waals surface area contributed by atoms with Gasteiger partial charge in [-0.1, -0.05) is 0 Å². The Morgan fingerprint density at radius 1 is 1.12 bits per heavy atom. The fraction of sp³-hybridized carbons (Fsp3) is 0. The van der Waals surface area contributed by atoms with Crippen molar-refractivity contribution >= 4 is 0 Å². The van der Waals surface area contributed by atoms with E-state index in [9.17, 15) is 0 Å². The third kappa shape index (κ3) is 1.25. The third-order valence-electron chi connectivity index (χ3n) is 0.832. The summed E-state index contributed by atoms with van der Waals surface area (Å²) < 4.78 is 4.73. The molecular formula is C6H5MnO. The second-order valence-corrected chi connectivity index (χ2v) is 1.63. The predicted octanol–water partition coefficient (Wildman–Crippen LogP) is 1.53. The minimum atomic E-state index is 0.826. The Morgan fingerprint density at radius 3 is 2.12 bits per heavy atom. The van der Waals surface area contributed by atoms with Crippen molar-refractivity contribution in [3.05, 3.63) is 30.3 Å². The topological polar surface area (TPSA) is 9.23 Å². The maximum absolute atomic E-state index is 4.73. The van der Waals surface area contributed by atoms with Crippen LogP contribution in [0.3, 0.4) is 0 Å². The average Bonchev–Trinajstić information content (AvgIpc) is 1.90. The van der Waals surface area contributed by atoms with Crippen molar-refractivity contribution in [1.82, 2.24) is 0 Å². The van der Waals surface area contributed by atoms with E-state index < -0.39 is 0 Å². The molecule has 0 aliphatic rings. The van der Waals surface area contributed by atoms with Crippen molar-refractivity contribution in [2.24, 2.45) is 0 Å². The second-order valence-electron chi connectivity index (χ2n) is 1.39. The van der Waals surface area contributed by atoms with E-state index in [1.807, 2.05) is 30.3 Å². The van der Waals surface area contributed by atoms with Gasteiger partial charge in [-0.25, -0.2) is 0 Å². The molecule has 0 unspecified atom stereocenters. The molecule has 0 saturated carbocycles. The summed E-state index contributed by atoms with van der Waals surface area (Å²) in [6, 6.07) is 9.51. The number of para-hydroxylation sites is 1. The first-order chi connectivity index (χ1) is 3.93. The van der Waals surface area contributed by atoms with Crippen LogP contribution in [0.1, 0.15) is 0 Å². The summed E-state index contributed by atoms with van der Waals surface area (Å²) in [6.07, 6.45) is 0. The zero-order valence-corrected chi connectivity index (χ0v) is 5.35. The van der Waals surface area contributed by atoms with E-state index in [-0.39, 0.29) is 0 Å². The van der Waals surface area contributed by atoms with E-state index in [1.54, 1.807) is 0 Å². The molecule has 42 valence electrons. The summed E-state index contributed by atoms with van der Waals surface area (Å²) in [5.74, 6) is 0.826. The van der Waals surface area contributed by atoms with E-state index in [4.69, 9.17) is 3.82 Å². The maximum atomic E-state index is 4.73. The van der Waals surface area contributed by atoms with Gasteiger partial charge in [0.05, 0.1) is 0 Å². The molecular weight excluding hydrogens is 143 g/mol. The molecule has 0 heterocycles. The Bertz CT molecular complexity index is 150. The van der Waals surface area contributed by atoms with Crippen molar-refractivity contribution in [3.8, 4) is 5.75 Å². The van der Waals surface area contributed by atoms with E-state index in [0.29, 0.717) is 0 Å². The molecule has 0 aromatic heterocycles. The molecule has 8 heavy (non-hydrogen) atoms. The number of benzene rings is 1. The zero-order valence-electron chi connectivity index (χ0n) is 4.17. The van der Waals surface area contributed by atoms with Crippen molar-refractivity contribution in [2.75, 3.05) is 0 Å². The Kier molecular flexibility index (Phi) is 1.95. The van der Waals surface area contributed by atoms with Gasteiger partial charge in [-0.05, 0) is 0 Å². The van der Waals surface area contributed by atoms with Gasteiger partial charge in [0.1, 0.15) is 0 Å². The molecule has 1 aromatic carbocycles. The van der Waals surface area contributed by atoms with E-state index in [0.717, 1.165) is 5.75 Å². The molecule has 1 nitrogen and oxygen atoms in total. The first-order valence-corrected chi connectivity index (χ1v) is 2.75. The molecule has 0 aliphatic heterocycles. The quantitative estimate of drug-likeness (QED) is 0.548. The molecule has 0 fully saturated rings. The number of rotatable bonds is 1. The van der Waals surface area contributed by atoms with E-state index in [2.05, 4.69) is 16.3 Å². The van der Waals surface area contributed by atoms with Crippen LogP contribution in [0.2, 0.25) is 0 Å². The van der Waals surface area contributed by atoms with Gasteiger partial charge < -0.3 is 0 Å². The van der Waals surface area contributed by atoms with Gasteiger partial charge in [-0.15, -0.1) is 0 Å². The van der Waals surface area contributed by atoms with Gasteiger partial charge in [0.2, 0.25) is 0 Å². The summed E-state index contributed by atoms with van der Waals surface area (Å²) in [5.41, 5.74) is 0. The molecule has 1 rings (SSSR count). The second kappa shape index (κ2) is 2.75. The van der Waals surface area contributed by atoms with Crippen LogP contribution in [-0.2, 0) is 16.3 Å².